The smallest absolute Gasteiger partial charge is 0.230 e. The number of rotatable bonds is 8. The largest absolute Gasteiger partial charge is 0.360 e. The molecule has 27 heavy (non-hydrogen) atoms. The Morgan fingerprint density at radius 1 is 1.22 bits per heavy atom. The number of thioether (sulfide) groups is 1. The number of carbonyl (C=O) groups excluding carboxylic acids is 1. The highest BCUT2D eigenvalue weighted by atomic mass is 32.2. The van der Waals surface area contributed by atoms with E-state index in [9.17, 15) is 4.79 Å². The van der Waals surface area contributed by atoms with E-state index in [1.165, 1.54) is 28.2 Å². The van der Waals surface area contributed by atoms with E-state index in [4.69, 9.17) is 0 Å². The van der Waals surface area contributed by atoms with Crippen molar-refractivity contribution < 1.29 is 4.79 Å². The molecule has 0 saturated carbocycles. The first-order chi connectivity index (χ1) is 13.1. The van der Waals surface area contributed by atoms with Gasteiger partial charge in [-0.25, -0.2) is 4.98 Å². The number of carbonyl (C=O) groups is 1. The Hall–Kier alpha value is -1.97. The summed E-state index contributed by atoms with van der Waals surface area (Å²) in [6, 6.07) is 8.04. The fraction of sp³-hybridized carbons (Fsp3) is 0.333. The summed E-state index contributed by atoms with van der Waals surface area (Å²) in [5, 5.41) is 14.9. The monoisotopic (exact) mass is 419 g/mol. The molecule has 0 aliphatic carbocycles. The van der Waals surface area contributed by atoms with Gasteiger partial charge in [-0.2, -0.15) is 0 Å². The molecule has 0 bridgehead atoms. The van der Waals surface area contributed by atoms with Gasteiger partial charge in [0.15, 0.2) is 9.47 Å². The molecule has 0 aliphatic rings. The highest BCUT2D eigenvalue weighted by Gasteiger charge is 2.18. The first kappa shape index (κ1) is 19.8. The van der Waals surface area contributed by atoms with E-state index in [1.54, 1.807) is 23.6 Å². The standard InChI is InChI=1S/C18H21N5OS3/c1-4-13-6-8-15(9-7-13)23(12(3)24)17-20-14(10-25-17)11-26-18-22-21-16(27-18)19-5-2/h6-10H,4-5,11H2,1-3H3,(H,19,21). The molecule has 0 saturated heterocycles. The van der Waals surface area contributed by atoms with Gasteiger partial charge >= 0.3 is 0 Å². The van der Waals surface area contributed by atoms with Crippen LogP contribution in [0.3, 0.4) is 0 Å². The maximum Gasteiger partial charge on any atom is 0.230 e. The average molecular weight is 420 g/mol. The Balaban J connectivity index is 1.70. The number of hydrogen-bond acceptors (Lipinski definition) is 8. The zero-order chi connectivity index (χ0) is 19.2. The quantitative estimate of drug-likeness (QED) is 0.520. The Kier molecular flexibility index (Phi) is 6.81. The van der Waals surface area contributed by atoms with Crippen molar-refractivity contribution in [1.82, 2.24) is 15.2 Å². The number of anilines is 3. The van der Waals surface area contributed by atoms with Crippen LogP contribution in [0.1, 0.15) is 32.0 Å². The molecular formula is C18H21N5OS3. The van der Waals surface area contributed by atoms with Crippen LogP contribution in [0.5, 0.6) is 0 Å². The normalized spacial score (nSPS) is 10.8. The molecule has 2 heterocycles. The topological polar surface area (TPSA) is 71.0 Å². The number of aryl methyl sites for hydroxylation is 1. The van der Waals surface area contributed by atoms with Gasteiger partial charge in [0.2, 0.25) is 11.0 Å². The third-order valence-corrected chi connectivity index (χ3v) is 6.65. The molecule has 2 aromatic heterocycles. The number of benzene rings is 1. The molecule has 3 aromatic rings. The lowest BCUT2D eigenvalue weighted by atomic mass is 10.1. The second kappa shape index (κ2) is 9.29. The van der Waals surface area contributed by atoms with Crippen molar-refractivity contribution in [2.75, 3.05) is 16.8 Å². The van der Waals surface area contributed by atoms with Gasteiger partial charge in [-0.15, -0.1) is 21.5 Å². The van der Waals surface area contributed by atoms with Crippen molar-refractivity contribution in [2.24, 2.45) is 0 Å². The summed E-state index contributed by atoms with van der Waals surface area (Å²) in [5.74, 6) is 0.643. The SMILES string of the molecule is CCNc1nnc(SCc2csc(N(C(C)=O)c3ccc(CC)cc3)n2)s1. The Morgan fingerprint density at radius 2 is 2.00 bits per heavy atom. The Bertz CT molecular complexity index is 891. The fourth-order valence-corrected chi connectivity index (χ4v) is 5.10. The first-order valence-electron chi connectivity index (χ1n) is 8.65. The number of thiazole rings is 1. The van der Waals surface area contributed by atoms with Gasteiger partial charge in [-0.05, 0) is 31.0 Å². The maximum absolute atomic E-state index is 12.2. The summed E-state index contributed by atoms with van der Waals surface area (Å²) >= 11 is 4.61. The third kappa shape index (κ3) is 5.06. The van der Waals surface area contributed by atoms with Crippen LogP contribution < -0.4 is 10.2 Å². The molecule has 0 fully saturated rings. The molecule has 142 valence electrons. The molecular weight excluding hydrogens is 398 g/mol. The minimum atomic E-state index is -0.0489. The van der Waals surface area contributed by atoms with Crippen LogP contribution in [0.15, 0.2) is 34.0 Å². The highest BCUT2D eigenvalue weighted by molar-refractivity contribution is 8.00. The summed E-state index contributed by atoms with van der Waals surface area (Å²) in [6.45, 7) is 6.53. The van der Waals surface area contributed by atoms with Crippen LogP contribution in [-0.4, -0.2) is 27.6 Å². The maximum atomic E-state index is 12.2. The van der Waals surface area contributed by atoms with Gasteiger partial charge in [-0.1, -0.05) is 42.2 Å². The summed E-state index contributed by atoms with van der Waals surface area (Å²) in [7, 11) is 0. The van der Waals surface area contributed by atoms with Gasteiger partial charge in [-0.3, -0.25) is 9.69 Å². The predicted octanol–water partition coefficient (Wildman–Crippen LogP) is 4.97. The van der Waals surface area contributed by atoms with Crippen LogP contribution >= 0.6 is 34.4 Å². The van der Waals surface area contributed by atoms with Crippen LogP contribution in [0.4, 0.5) is 16.0 Å². The van der Waals surface area contributed by atoms with Crippen molar-refractivity contribution >= 4 is 56.3 Å². The van der Waals surface area contributed by atoms with Crippen LogP contribution in [0.2, 0.25) is 0 Å². The lowest BCUT2D eigenvalue weighted by molar-refractivity contribution is -0.115. The summed E-state index contributed by atoms with van der Waals surface area (Å²) in [4.78, 5) is 18.5. The van der Waals surface area contributed by atoms with Crippen LogP contribution in [0.25, 0.3) is 0 Å². The van der Waals surface area contributed by atoms with Gasteiger partial charge < -0.3 is 5.32 Å². The van der Waals surface area contributed by atoms with Gasteiger partial charge in [0.05, 0.1) is 11.4 Å². The van der Waals surface area contributed by atoms with Gasteiger partial charge in [0, 0.05) is 24.6 Å². The lowest BCUT2D eigenvalue weighted by Gasteiger charge is -2.18. The fourth-order valence-electron chi connectivity index (χ4n) is 2.40. The lowest BCUT2D eigenvalue weighted by Crippen LogP contribution is -2.22. The van der Waals surface area contributed by atoms with Crippen molar-refractivity contribution in [2.45, 2.75) is 37.3 Å². The average Bonchev–Trinajstić information content (AvgIpc) is 3.30. The minimum absolute atomic E-state index is 0.0489. The first-order valence-corrected chi connectivity index (χ1v) is 11.3. The molecule has 0 aliphatic heterocycles. The van der Waals surface area contributed by atoms with Crippen LogP contribution in [0, 0.1) is 0 Å². The van der Waals surface area contributed by atoms with E-state index in [0.29, 0.717) is 10.9 Å². The molecule has 9 heteroatoms. The van der Waals surface area contributed by atoms with Gasteiger partial charge in [0.1, 0.15) is 0 Å². The van der Waals surface area contributed by atoms with E-state index in [0.717, 1.165) is 33.8 Å². The minimum Gasteiger partial charge on any atom is -0.360 e. The van der Waals surface area contributed by atoms with E-state index < -0.39 is 0 Å². The summed E-state index contributed by atoms with van der Waals surface area (Å²) in [6.07, 6.45) is 0.972. The van der Waals surface area contributed by atoms with Crippen molar-refractivity contribution in [3.05, 3.63) is 40.9 Å². The Morgan fingerprint density at radius 3 is 2.67 bits per heavy atom. The number of aromatic nitrogens is 3. The van der Waals surface area contributed by atoms with E-state index in [1.807, 2.05) is 36.6 Å². The second-order valence-corrected chi connectivity index (χ2v) is 8.72. The number of nitrogens with zero attached hydrogens (tertiary/aromatic N) is 4. The highest BCUT2D eigenvalue weighted by Crippen LogP contribution is 2.32. The third-order valence-electron chi connectivity index (χ3n) is 3.73. The molecule has 1 N–H and O–H groups in total. The van der Waals surface area contributed by atoms with E-state index in [2.05, 4.69) is 27.4 Å². The van der Waals surface area contributed by atoms with E-state index >= 15 is 0 Å². The molecule has 6 nitrogen and oxygen atoms in total. The summed E-state index contributed by atoms with van der Waals surface area (Å²) in [5.41, 5.74) is 3.01. The number of nitrogens with one attached hydrogen (secondary N) is 1. The number of amides is 1. The molecule has 1 amide bonds. The summed E-state index contributed by atoms with van der Waals surface area (Å²) < 4.78 is 0.902. The molecule has 0 spiro atoms. The molecule has 0 radical (unpaired) electrons. The van der Waals surface area contributed by atoms with Gasteiger partial charge in [0.25, 0.3) is 0 Å². The molecule has 0 unspecified atom stereocenters. The van der Waals surface area contributed by atoms with Crippen molar-refractivity contribution in [3.8, 4) is 0 Å². The van der Waals surface area contributed by atoms with E-state index in [-0.39, 0.29) is 5.91 Å². The van der Waals surface area contributed by atoms with Crippen LogP contribution in [-0.2, 0) is 17.0 Å². The Labute approximate surface area is 171 Å². The molecule has 1 aromatic carbocycles. The number of hydrogen-bond donors (Lipinski definition) is 1. The van der Waals surface area contributed by atoms with Crippen molar-refractivity contribution in [3.63, 3.8) is 0 Å². The zero-order valence-corrected chi connectivity index (χ0v) is 17.9. The zero-order valence-electron chi connectivity index (χ0n) is 15.4. The molecule has 0 atom stereocenters. The second-order valence-electron chi connectivity index (χ2n) is 5.69. The predicted molar refractivity (Wildman–Crippen MR) is 114 cm³/mol. The molecule has 3 rings (SSSR count). The van der Waals surface area contributed by atoms with Crippen molar-refractivity contribution in [1.29, 1.82) is 0 Å².